The quantitative estimate of drug-likeness (QED) is 0.714. The van der Waals surface area contributed by atoms with Crippen LogP contribution in [0.15, 0.2) is 23.8 Å². The molecule has 0 aliphatic carbocycles. The molecule has 0 atom stereocenters. The Morgan fingerprint density at radius 2 is 2.23 bits per heavy atom. The fourth-order valence-corrected chi connectivity index (χ4v) is 1.52. The normalized spacial score (nSPS) is 11.8. The Kier molecular flexibility index (Phi) is 3.90. The van der Waals surface area contributed by atoms with Crippen molar-refractivity contribution in [3.8, 4) is 0 Å². The van der Waals surface area contributed by atoms with E-state index in [1.165, 1.54) is 5.57 Å². The van der Waals surface area contributed by atoms with Gasteiger partial charge in [0.2, 0.25) is 0 Å². The van der Waals surface area contributed by atoms with Gasteiger partial charge in [-0.15, -0.1) is 0 Å². The fourth-order valence-electron chi connectivity index (χ4n) is 0.999. The van der Waals surface area contributed by atoms with Crippen LogP contribution < -0.4 is 0 Å². The molecule has 2 heteroatoms. The molecule has 1 rings (SSSR count). The van der Waals surface area contributed by atoms with Crippen molar-refractivity contribution >= 4 is 28.7 Å². The zero-order chi connectivity index (χ0) is 9.84. The number of hydrogen-bond donors (Lipinski definition) is 0. The summed E-state index contributed by atoms with van der Waals surface area (Å²) in [6, 6.07) is 5.45. The predicted molar refractivity (Wildman–Crippen MR) is 63.1 cm³/mol. The van der Waals surface area contributed by atoms with Gasteiger partial charge in [-0.3, -0.25) is 0 Å². The second-order valence-electron chi connectivity index (χ2n) is 2.99. The minimum atomic E-state index is -0.115. The first-order valence-corrected chi connectivity index (χ1v) is 5.34. The van der Waals surface area contributed by atoms with E-state index in [0.717, 1.165) is 6.42 Å². The van der Waals surface area contributed by atoms with E-state index in [9.17, 15) is 4.39 Å². The van der Waals surface area contributed by atoms with Gasteiger partial charge in [0, 0.05) is 9.13 Å². The van der Waals surface area contributed by atoms with Crippen molar-refractivity contribution in [1.82, 2.24) is 0 Å². The van der Waals surface area contributed by atoms with Crippen molar-refractivity contribution in [1.29, 1.82) is 0 Å². The van der Waals surface area contributed by atoms with Crippen molar-refractivity contribution in [3.63, 3.8) is 0 Å². The maximum atomic E-state index is 13.4. The summed E-state index contributed by atoms with van der Waals surface area (Å²) < 4.78 is 14.1. The highest BCUT2D eigenvalue weighted by Gasteiger charge is 2.02. The first-order valence-electron chi connectivity index (χ1n) is 4.26. The van der Waals surface area contributed by atoms with Gasteiger partial charge in [-0.1, -0.05) is 30.7 Å². The van der Waals surface area contributed by atoms with Crippen LogP contribution in [0.2, 0.25) is 0 Å². The molecule has 0 aromatic heterocycles. The highest BCUT2D eigenvalue weighted by Crippen LogP contribution is 2.18. The summed E-state index contributed by atoms with van der Waals surface area (Å²) in [5.74, 6) is -0.115. The third-order valence-corrected chi connectivity index (χ3v) is 2.77. The molecule has 0 saturated heterocycles. The summed E-state index contributed by atoms with van der Waals surface area (Å²) in [4.78, 5) is 0. The van der Waals surface area contributed by atoms with Gasteiger partial charge in [-0.2, -0.15) is 0 Å². The van der Waals surface area contributed by atoms with Gasteiger partial charge >= 0.3 is 0 Å². The average Bonchev–Trinajstić information content (AvgIpc) is 2.13. The van der Waals surface area contributed by atoms with E-state index < -0.39 is 0 Å². The van der Waals surface area contributed by atoms with E-state index in [4.69, 9.17) is 0 Å². The van der Waals surface area contributed by atoms with Crippen LogP contribution in [0.5, 0.6) is 0 Å². The second-order valence-corrected chi connectivity index (χ2v) is 4.15. The summed E-state index contributed by atoms with van der Waals surface area (Å²) in [7, 11) is 0. The molecule has 1 aromatic carbocycles. The lowest BCUT2D eigenvalue weighted by Crippen LogP contribution is -1.86. The Morgan fingerprint density at radius 1 is 1.54 bits per heavy atom. The van der Waals surface area contributed by atoms with Crippen LogP contribution in [0.4, 0.5) is 4.39 Å². The smallest absolute Gasteiger partial charge is 0.143 e. The second kappa shape index (κ2) is 4.74. The Labute approximate surface area is 92.0 Å². The minimum absolute atomic E-state index is 0.115. The molecule has 0 saturated carbocycles. The minimum Gasteiger partial charge on any atom is -0.205 e. The summed E-state index contributed by atoms with van der Waals surface area (Å²) in [5.41, 5.74) is 1.88. The number of halogens is 2. The van der Waals surface area contributed by atoms with E-state index in [-0.39, 0.29) is 5.82 Å². The van der Waals surface area contributed by atoms with Crippen molar-refractivity contribution < 1.29 is 4.39 Å². The van der Waals surface area contributed by atoms with E-state index in [1.807, 2.05) is 41.7 Å². The Hall–Kier alpha value is -0.380. The van der Waals surface area contributed by atoms with Crippen molar-refractivity contribution in [3.05, 3.63) is 38.7 Å². The van der Waals surface area contributed by atoms with E-state index >= 15 is 0 Å². The predicted octanol–water partition coefficient (Wildman–Crippen LogP) is 4.24. The van der Waals surface area contributed by atoms with E-state index in [2.05, 4.69) is 6.92 Å². The summed E-state index contributed by atoms with van der Waals surface area (Å²) in [6.45, 7) is 4.08. The first kappa shape index (κ1) is 10.7. The van der Waals surface area contributed by atoms with Crippen LogP contribution in [-0.4, -0.2) is 0 Å². The van der Waals surface area contributed by atoms with Gasteiger partial charge in [-0.05, 0) is 42.0 Å². The topological polar surface area (TPSA) is 0 Å². The number of rotatable bonds is 2. The molecule has 0 fully saturated rings. The number of allylic oxidation sites excluding steroid dienone is 1. The lowest BCUT2D eigenvalue weighted by Gasteiger charge is -2.00. The zero-order valence-electron chi connectivity index (χ0n) is 7.77. The van der Waals surface area contributed by atoms with Gasteiger partial charge in [0.05, 0.1) is 0 Å². The first-order chi connectivity index (χ1) is 6.15. The summed E-state index contributed by atoms with van der Waals surface area (Å²) in [6.07, 6.45) is 2.86. The molecule has 0 N–H and O–H groups in total. The molecule has 0 nitrogen and oxygen atoms in total. The van der Waals surface area contributed by atoms with Crippen molar-refractivity contribution in [2.45, 2.75) is 20.3 Å². The highest BCUT2D eigenvalue weighted by molar-refractivity contribution is 14.1. The Bertz CT molecular complexity index is 329. The lowest BCUT2D eigenvalue weighted by molar-refractivity contribution is 0.617. The average molecular weight is 290 g/mol. The Morgan fingerprint density at radius 3 is 2.85 bits per heavy atom. The zero-order valence-corrected chi connectivity index (χ0v) is 9.93. The molecular weight excluding hydrogens is 278 g/mol. The van der Waals surface area contributed by atoms with Crippen LogP contribution in [-0.2, 0) is 0 Å². The Balaban J connectivity index is 3.09. The largest absolute Gasteiger partial charge is 0.205 e. The van der Waals surface area contributed by atoms with Crippen molar-refractivity contribution in [2.75, 3.05) is 0 Å². The molecule has 13 heavy (non-hydrogen) atoms. The van der Waals surface area contributed by atoms with Gasteiger partial charge < -0.3 is 0 Å². The van der Waals surface area contributed by atoms with Gasteiger partial charge in [-0.25, -0.2) is 4.39 Å². The molecule has 0 aliphatic heterocycles. The number of hydrogen-bond acceptors (Lipinski definition) is 0. The molecule has 0 bridgehead atoms. The van der Waals surface area contributed by atoms with E-state index in [1.54, 1.807) is 12.1 Å². The highest BCUT2D eigenvalue weighted by atomic mass is 127. The third kappa shape index (κ3) is 2.79. The van der Waals surface area contributed by atoms with Crippen molar-refractivity contribution in [2.24, 2.45) is 0 Å². The summed E-state index contributed by atoms with van der Waals surface area (Å²) in [5, 5.41) is 0. The van der Waals surface area contributed by atoms with Gasteiger partial charge in [0.1, 0.15) is 5.82 Å². The van der Waals surface area contributed by atoms with Crippen LogP contribution in [0.1, 0.15) is 25.8 Å². The monoisotopic (exact) mass is 290 g/mol. The van der Waals surface area contributed by atoms with Crippen LogP contribution in [0, 0.1) is 9.39 Å². The third-order valence-electron chi connectivity index (χ3n) is 1.94. The lowest BCUT2D eigenvalue weighted by atomic mass is 10.1. The van der Waals surface area contributed by atoms with Crippen LogP contribution >= 0.6 is 22.6 Å². The molecule has 0 radical (unpaired) electrons. The maximum absolute atomic E-state index is 13.4. The van der Waals surface area contributed by atoms with Crippen LogP contribution in [0.25, 0.3) is 6.08 Å². The maximum Gasteiger partial charge on any atom is 0.143 e. The molecule has 0 amide bonds. The van der Waals surface area contributed by atoms with Crippen LogP contribution in [0.3, 0.4) is 0 Å². The molecule has 0 unspecified atom stereocenters. The van der Waals surface area contributed by atoms with Gasteiger partial charge in [0.25, 0.3) is 0 Å². The molecular formula is C11H12FI. The SMILES string of the molecule is CC/C(C)=C/c1cccc(I)c1F. The fraction of sp³-hybridized carbons (Fsp3) is 0.273. The molecule has 70 valence electrons. The molecule has 0 spiro atoms. The van der Waals surface area contributed by atoms with Gasteiger partial charge in [0.15, 0.2) is 0 Å². The van der Waals surface area contributed by atoms with E-state index in [0.29, 0.717) is 9.13 Å². The summed E-state index contributed by atoms with van der Waals surface area (Å²) >= 11 is 2.00. The standard InChI is InChI=1S/C11H12FI/c1-3-8(2)7-9-5-4-6-10(13)11(9)12/h4-7H,3H2,1-2H3/b8-7+. The molecule has 0 heterocycles. The molecule has 0 aliphatic rings. The number of benzene rings is 1. The molecule has 1 aromatic rings.